The zero-order valence-electron chi connectivity index (χ0n) is 15.7. The first-order chi connectivity index (χ1) is 12.0. The maximum atomic E-state index is 12.4. The van der Waals surface area contributed by atoms with Gasteiger partial charge in [0.05, 0.1) is 12.0 Å². The van der Waals surface area contributed by atoms with Crippen LogP contribution in [0.4, 0.5) is 0 Å². The van der Waals surface area contributed by atoms with Crippen molar-refractivity contribution >= 4 is 11.8 Å². The summed E-state index contributed by atoms with van der Waals surface area (Å²) < 4.78 is 0. The van der Waals surface area contributed by atoms with Gasteiger partial charge in [0.25, 0.3) is 0 Å². The van der Waals surface area contributed by atoms with Gasteiger partial charge >= 0.3 is 0 Å². The normalized spacial score (nSPS) is 18.8. The number of carbonyl (C=O) groups is 2. The van der Waals surface area contributed by atoms with Crippen LogP contribution in [-0.2, 0) is 9.59 Å². The smallest absolute Gasteiger partial charge is 0.239 e. The fourth-order valence-corrected chi connectivity index (χ4v) is 3.55. The lowest BCUT2D eigenvalue weighted by atomic mass is 9.96. The monoisotopic (exact) mass is 345 g/mol. The Balaban J connectivity index is 1.76. The number of amides is 2. The van der Waals surface area contributed by atoms with Gasteiger partial charge in [0, 0.05) is 27.2 Å². The number of likely N-dealkylation sites (N-methyl/N-ethyl adjacent to an activating group) is 1. The first-order valence-electron chi connectivity index (χ1n) is 9.32. The Labute approximate surface area is 151 Å². The van der Waals surface area contributed by atoms with Crippen molar-refractivity contribution < 1.29 is 9.59 Å². The molecule has 0 radical (unpaired) electrons. The van der Waals surface area contributed by atoms with Crippen LogP contribution in [0, 0.1) is 0 Å². The van der Waals surface area contributed by atoms with Gasteiger partial charge in [0.15, 0.2) is 0 Å². The van der Waals surface area contributed by atoms with E-state index in [0.717, 1.165) is 44.3 Å². The van der Waals surface area contributed by atoms with Crippen LogP contribution in [0.2, 0.25) is 0 Å². The van der Waals surface area contributed by atoms with Crippen molar-refractivity contribution in [2.45, 2.75) is 44.6 Å². The van der Waals surface area contributed by atoms with Gasteiger partial charge in [-0.1, -0.05) is 37.3 Å². The lowest BCUT2D eigenvalue weighted by Crippen LogP contribution is -2.43. The topological polar surface area (TPSA) is 52.7 Å². The molecule has 138 valence electrons. The second-order valence-corrected chi connectivity index (χ2v) is 6.94. The van der Waals surface area contributed by atoms with Crippen LogP contribution >= 0.6 is 0 Å². The van der Waals surface area contributed by atoms with Crippen molar-refractivity contribution in [3.8, 4) is 0 Å². The number of hydrogen-bond acceptors (Lipinski definition) is 3. The Bertz CT molecular complexity index is 559. The number of nitrogens with one attached hydrogen (secondary N) is 1. The molecule has 2 atom stereocenters. The fraction of sp³-hybridized carbons (Fsp3) is 0.600. The predicted octanol–water partition coefficient (Wildman–Crippen LogP) is 2.24. The Morgan fingerprint density at radius 1 is 1.28 bits per heavy atom. The van der Waals surface area contributed by atoms with Gasteiger partial charge in [-0.15, -0.1) is 0 Å². The quantitative estimate of drug-likeness (QED) is 0.735. The van der Waals surface area contributed by atoms with E-state index in [2.05, 4.69) is 10.2 Å². The van der Waals surface area contributed by atoms with Gasteiger partial charge in [-0.25, -0.2) is 0 Å². The Hall–Kier alpha value is -1.88. The van der Waals surface area contributed by atoms with Crippen molar-refractivity contribution in [3.05, 3.63) is 35.9 Å². The molecule has 1 fully saturated rings. The maximum absolute atomic E-state index is 12.4. The first kappa shape index (κ1) is 19.4. The number of likely N-dealkylation sites (tertiary alicyclic amines) is 1. The van der Waals surface area contributed by atoms with Crippen LogP contribution in [-0.4, -0.2) is 61.4 Å². The molecule has 1 saturated heterocycles. The minimum atomic E-state index is -0.0870. The fourth-order valence-electron chi connectivity index (χ4n) is 3.55. The third-order valence-corrected chi connectivity index (χ3v) is 4.94. The zero-order valence-corrected chi connectivity index (χ0v) is 15.7. The molecule has 5 nitrogen and oxygen atoms in total. The largest absolute Gasteiger partial charge is 0.356 e. The van der Waals surface area contributed by atoms with Crippen LogP contribution in [0.15, 0.2) is 30.3 Å². The molecular formula is C20H31N3O2. The van der Waals surface area contributed by atoms with Gasteiger partial charge in [0.2, 0.25) is 11.8 Å². The number of carbonyl (C=O) groups excluding carboxylic acids is 2. The third kappa shape index (κ3) is 5.30. The summed E-state index contributed by atoms with van der Waals surface area (Å²) in [7, 11) is 3.63. The van der Waals surface area contributed by atoms with E-state index in [9.17, 15) is 9.59 Å². The molecule has 1 aromatic carbocycles. The summed E-state index contributed by atoms with van der Waals surface area (Å²) in [5, 5.41) is 3.06. The van der Waals surface area contributed by atoms with E-state index in [1.165, 1.54) is 0 Å². The third-order valence-electron chi connectivity index (χ3n) is 4.94. The molecule has 0 bridgehead atoms. The molecule has 1 N–H and O–H groups in total. The summed E-state index contributed by atoms with van der Waals surface area (Å²) in [6.07, 6.45) is 3.67. The van der Waals surface area contributed by atoms with E-state index in [0.29, 0.717) is 6.54 Å². The molecule has 0 unspecified atom stereocenters. The Morgan fingerprint density at radius 2 is 2.00 bits per heavy atom. The van der Waals surface area contributed by atoms with Crippen molar-refractivity contribution in [2.75, 3.05) is 33.7 Å². The van der Waals surface area contributed by atoms with Crippen molar-refractivity contribution in [1.29, 1.82) is 0 Å². The molecular weight excluding hydrogens is 314 g/mol. The molecule has 5 heteroatoms. The Kier molecular flexibility index (Phi) is 7.44. The molecule has 1 aromatic rings. The van der Waals surface area contributed by atoms with Crippen molar-refractivity contribution in [3.63, 3.8) is 0 Å². The van der Waals surface area contributed by atoms with Gasteiger partial charge in [-0.3, -0.25) is 14.5 Å². The average molecular weight is 345 g/mol. The van der Waals surface area contributed by atoms with Crippen LogP contribution in [0.5, 0.6) is 0 Å². The van der Waals surface area contributed by atoms with E-state index < -0.39 is 0 Å². The SMILES string of the molecule is CC[C@@H](C(=O)NCCCN1CCC[C@@H]1C(=O)N(C)C)c1ccccc1. The molecule has 0 saturated carbocycles. The van der Waals surface area contributed by atoms with Gasteiger partial charge in [-0.2, -0.15) is 0 Å². The molecule has 2 rings (SSSR count). The minimum absolute atomic E-state index is 0.0124. The molecule has 0 aliphatic carbocycles. The summed E-state index contributed by atoms with van der Waals surface area (Å²) in [6.45, 7) is 4.52. The maximum Gasteiger partial charge on any atom is 0.239 e. The molecule has 1 heterocycles. The summed E-state index contributed by atoms with van der Waals surface area (Å²) in [6, 6.07) is 9.94. The number of benzene rings is 1. The second-order valence-electron chi connectivity index (χ2n) is 6.94. The highest BCUT2D eigenvalue weighted by Crippen LogP contribution is 2.20. The van der Waals surface area contributed by atoms with Crippen molar-refractivity contribution in [1.82, 2.24) is 15.1 Å². The van der Waals surface area contributed by atoms with Crippen LogP contribution < -0.4 is 5.32 Å². The zero-order chi connectivity index (χ0) is 18.2. The number of hydrogen-bond donors (Lipinski definition) is 1. The molecule has 1 aliphatic rings. The van der Waals surface area contributed by atoms with Gasteiger partial charge in [-0.05, 0) is 37.8 Å². The highest BCUT2D eigenvalue weighted by Gasteiger charge is 2.31. The van der Waals surface area contributed by atoms with Gasteiger partial charge in [0.1, 0.15) is 0 Å². The Morgan fingerprint density at radius 3 is 2.64 bits per heavy atom. The average Bonchev–Trinajstić information content (AvgIpc) is 3.08. The summed E-state index contributed by atoms with van der Waals surface area (Å²) >= 11 is 0. The number of nitrogens with zero attached hydrogens (tertiary/aromatic N) is 2. The van der Waals surface area contributed by atoms with E-state index >= 15 is 0 Å². The highest BCUT2D eigenvalue weighted by atomic mass is 16.2. The second kappa shape index (κ2) is 9.56. The molecule has 25 heavy (non-hydrogen) atoms. The summed E-state index contributed by atoms with van der Waals surface area (Å²) in [5.74, 6) is 0.198. The van der Waals surface area contributed by atoms with E-state index in [1.807, 2.05) is 51.4 Å². The molecule has 0 aromatic heterocycles. The number of rotatable bonds is 8. The van der Waals surface area contributed by atoms with Crippen LogP contribution in [0.25, 0.3) is 0 Å². The van der Waals surface area contributed by atoms with E-state index in [1.54, 1.807) is 4.90 Å². The first-order valence-corrected chi connectivity index (χ1v) is 9.32. The molecule has 2 amide bonds. The minimum Gasteiger partial charge on any atom is -0.356 e. The van der Waals surface area contributed by atoms with E-state index in [-0.39, 0.29) is 23.8 Å². The lowest BCUT2D eigenvalue weighted by molar-refractivity contribution is -0.133. The van der Waals surface area contributed by atoms with Crippen LogP contribution in [0.1, 0.15) is 44.1 Å². The predicted molar refractivity (Wildman–Crippen MR) is 100 cm³/mol. The summed E-state index contributed by atoms with van der Waals surface area (Å²) in [5.41, 5.74) is 1.07. The van der Waals surface area contributed by atoms with Crippen molar-refractivity contribution in [2.24, 2.45) is 0 Å². The van der Waals surface area contributed by atoms with Crippen LogP contribution in [0.3, 0.4) is 0 Å². The standard InChI is InChI=1S/C20H31N3O2/c1-4-17(16-10-6-5-7-11-16)19(24)21-13-9-15-23-14-8-12-18(23)20(25)22(2)3/h5-7,10-11,17-18H,4,8-9,12-15H2,1-3H3,(H,21,24)/t17-,18-/m1/s1. The molecule has 0 spiro atoms. The lowest BCUT2D eigenvalue weighted by Gasteiger charge is -2.26. The summed E-state index contributed by atoms with van der Waals surface area (Å²) in [4.78, 5) is 28.6. The van der Waals surface area contributed by atoms with E-state index in [4.69, 9.17) is 0 Å². The highest BCUT2D eigenvalue weighted by molar-refractivity contribution is 5.83. The molecule has 1 aliphatic heterocycles. The van der Waals surface area contributed by atoms with Gasteiger partial charge < -0.3 is 10.2 Å².